The number of imidazole rings is 1. The SMILES string of the molecule is ClCc1nc2ccccc2n1-c1ccc(I)cc1Br. The van der Waals surface area contributed by atoms with Crippen LogP contribution in [-0.2, 0) is 5.88 Å². The van der Waals surface area contributed by atoms with E-state index in [1.807, 2.05) is 18.2 Å². The van der Waals surface area contributed by atoms with Crippen LogP contribution in [0.15, 0.2) is 46.9 Å². The maximum absolute atomic E-state index is 6.04. The van der Waals surface area contributed by atoms with E-state index in [0.29, 0.717) is 5.88 Å². The third kappa shape index (κ3) is 2.41. The van der Waals surface area contributed by atoms with E-state index in [1.54, 1.807) is 0 Å². The van der Waals surface area contributed by atoms with Gasteiger partial charge in [-0.1, -0.05) is 12.1 Å². The summed E-state index contributed by atoms with van der Waals surface area (Å²) in [5.74, 6) is 1.23. The first kappa shape index (κ1) is 13.4. The molecule has 0 atom stereocenters. The summed E-state index contributed by atoms with van der Waals surface area (Å²) >= 11 is 12.0. The van der Waals surface area contributed by atoms with Gasteiger partial charge in [-0.25, -0.2) is 4.98 Å². The Balaban J connectivity index is 2.34. The maximum Gasteiger partial charge on any atom is 0.129 e. The van der Waals surface area contributed by atoms with Crippen LogP contribution in [0.2, 0.25) is 0 Å². The predicted octanol–water partition coefficient (Wildman–Crippen LogP) is 5.13. The van der Waals surface area contributed by atoms with Crippen LogP contribution in [0.4, 0.5) is 0 Å². The third-order valence-electron chi connectivity index (χ3n) is 2.90. The number of nitrogens with zero attached hydrogens (tertiary/aromatic N) is 2. The molecule has 3 rings (SSSR count). The van der Waals surface area contributed by atoms with E-state index >= 15 is 0 Å². The fraction of sp³-hybridized carbons (Fsp3) is 0.0714. The molecule has 0 unspecified atom stereocenters. The van der Waals surface area contributed by atoms with E-state index in [1.165, 1.54) is 3.57 Å². The van der Waals surface area contributed by atoms with E-state index in [-0.39, 0.29) is 0 Å². The quantitative estimate of drug-likeness (QED) is 0.393. The summed E-state index contributed by atoms with van der Waals surface area (Å²) in [6.45, 7) is 0. The largest absolute Gasteiger partial charge is 0.294 e. The average molecular weight is 448 g/mol. The van der Waals surface area contributed by atoms with Crippen molar-refractivity contribution in [1.82, 2.24) is 9.55 Å². The zero-order valence-corrected chi connectivity index (χ0v) is 14.3. The van der Waals surface area contributed by atoms with Crippen LogP contribution in [0, 0.1) is 3.57 Å². The molecule has 5 heteroatoms. The van der Waals surface area contributed by atoms with Gasteiger partial charge in [0.15, 0.2) is 0 Å². The van der Waals surface area contributed by atoms with E-state index in [2.05, 4.69) is 72.3 Å². The predicted molar refractivity (Wildman–Crippen MR) is 91.0 cm³/mol. The highest BCUT2D eigenvalue weighted by molar-refractivity contribution is 14.1. The average Bonchev–Trinajstić information content (AvgIpc) is 2.77. The summed E-state index contributed by atoms with van der Waals surface area (Å²) in [5.41, 5.74) is 3.09. The van der Waals surface area contributed by atoms with Crippen molar-refractivity contribution in [3.05, 3.63) is 56.3 Å². The van der Waals surface area contributed by atoms with E-state index in [0.717, 1.165) is 27.0 Å². The number of halogens is 3. The zero-order valence-electron chi connectivity index (χ0n) is 9.78. The molecule has 1 aromatic heterocycles. The van der Waals surface area contributed by atoms with Gasteiger partial charge >= 0.3 is 0 Å². The minimum Gasteiger partial charge on any atom is -0.294 e. The molecule has 0 spiro atoms. The van der Waals surface area contributed by atoms with Crippen LogP contribution in [-0.4, -0.2) is 9.55 Å². The summed E-state index contributed by atoms with van der Waals surface area (Å²) in [6.07, 6.45) is 0. The van der Waals surface area contributed by atoms with Crippen LogP contribution in [0.3, 0.4) is 0 Å². The first-order valence-electron chi connectivity index (χ1n) is 5.68. The molecule has 0 N–H and O–H groups in total. The molecule has 0 radical (unpaired) electrons. The summed E-state index contributed by atoms with van der Waals surface area (Å²) in [5, 5.41) is 0. The molecule has 0 aliphatic carbocycles. The van der Waals surface area contributed by atoms with Crippen molar-refractivity contribution in [3.63, 3.8) is 0 Å². The van der Waals surface area contributed by atoms with Crippen molar-refractivity contribution < 1.29 is 0 Å². The summed E-state index contributed by atoms with van der Waals surface area (Å²) in [6, 6.07) is 14.3. The monoisotopic (exact) mass is 446 g/mol. The van der Waals surface area contributed by atoms with Gasteiger partial charge < -0.3 is 0 Å². The number of fused-ring (bicyclic) bond motifs is 1. The van der Waals surface area contributed by atoms with Crippen LogP contribution in [0.1, 0.15) is 5.82 Å². The topological polar surface area (TPSA) is 17.8 Å². The molecule has 0 aliphatic heterocycles. The van der Waals surface area contributed by atoms with Crippen molar-refractivity contribution in [2.45, 2.75) is 5.88 Å². The van der Waals surface area contributed by atoms with Gasteiger partial charge in [-0.3, -0.25) is 4.57 Å². The second-order valence-electron chi connectivity index (χ2n) is 4.08. The van der Waals surface area contributed by atoms with Crippen molar-refractivity contribution in [1.29, 1.82) is 0 Å². The van der Waals surface area contributed by atoms with Crippen LogP contribution in [0.5, 0.6) is 0 Å². The molecule has 0 aliphatic rings. The lowest BCUT2D eigenvalue weighted by atomic mass is 10.3. The van der Waals surface area contributed by atoms with Crippen LogP contribution < -0.4 is 0 Å². The lowest BCUT2D eigenvalue weighted by molar-refractivity contribution is 0.977. The molecule has 0 saturated heterocycles. The highest BCUT2D eigenvalue weighted by Crippen LogP contribution is 2.29. The van der Waals surface area contributed by atoms with E-state index in [9.17, 15) is 0 Å². The Bertz CT molecular complexity index is 754. The summed E-state index contributed by atoms with van der Waals surface area (Å²) in [4.78, 5) is 4.58. The minimum absolute atomic E-state index is 0.382. The lowest BCUT2D eigenvalue weighted by Gasteiger charge is -2.10. The number of hydrogen-bond acceptors (Lipinski definition) is 1. The first-order valence-corrected chi connectivity index (χ1v) is 8.09. The zero-order chi connectivity index (χ0) is 13.4. The normalized spacial score (nSPS) is 11.1. The highest BCUT2D eigenvalue weighted by Gasteiger charge is 2.13. The number of hydrogen-bond donors (Lipinski definition) is 0. The Morgan fingerprint density at radius 1 is 1.21 bits per heavy atom. The van der Waals surface area contributed by atoms with Gasteiger partial charge in [-0.2, -0.15) is 0 Å². The van der Waals surface area contributed by atoms with Gasteiger partial charge in [0.05, 0.1) is 22.6 Å². The Morgan fingerprint density at radius 3 is 2.74 bits per heavy atom. The number of rotatable bonds is 2. The second-order valence-corrected chi connectivity index (χ2v) is 6.45. The molecule has 0 bridgehead atoms. The molecular weight excluding hydrogens is 438 g/mol. The molecule has 1 heterocycles. The van der Waals surface area contributed by atoms with Crippen molar-refractivity contribution >= 4 is 61.2 Å². The third-order valence-corrected chi connectivity index (χ3v) is 4.45. The summed E-state index contributed by atoms with van der Waals surface area (Å²) < 4.78 is 4.32. The Morgan fingerprint density at radius 2 is 2.00 bits per heavy atom. The first-order chi connectivity index (χ1) is 9.20. The summed E-state index contributed by atoms with van der Waals surface area (Å²) in [7, 11) is 0. The van der Waals surface area contributed by atoms with Gasteiger partial charge in [-0.05, 0) is 68.9 Å². The van der Waals surface area contributed by atoms with Gasteiger partial charge in [0.2, 0.25) is 0 Å². The number of alkyl halides is 1. The molecular formula is C14H9BrClIN2. The Kier molecular flexibility index (Phi) is 3.82. The smallest absolute Gasteiger partial charge is 0.129 e. The maximum atomic E-state index is 6.04. The Hall–Kier alpha value is -0.590. The van der Waals surface area contributed by atoms with Crippen LogP contribution in [0.25, 0.3) is 16.7 Å². The molecule has 0 amide bonds. The minimum atomic E-state index is 0.382. The van der Waals surface area contributed by atoms with Crippen molar-refractivity contribution in [3.8, 4) is 5.69 Å². The van der Waals surface area contributed by atoms with E-state index < -0.39 is 0 Å². The number of aromatic nitrogens is 2. The fourth-order valence-electron chi connectivity index (χ4n) is 2.10. The highest BCUT2D eigenvalue weighted by atomic mass is 127. The van der Waals surface area contributed by atoms with Crippen molar-refractivity contribution in [2.24, 2.45) is 0 Å². The lowest BCUT2D eigenvalue weighted by Crippen LogP contribution is -2.00. The van der Waals surface area contributed by atoms with Crippen LogP contribution >= 0.6 is 50.1 Å². The molecule has 0 fully saturated rings. The van der Waals surface area contributed by atoms with Gasteiger partial charge in [0, 0.05) is 8.04 Å². The number of benzene rings is 2. The molecule has 3 aromatic rings. The molecule has 2 aromatic carbocycles. The molecule has 2 nitrogen and oxygen atoms in total. The van der Waals surface area contributed by atoms with Crippen molar-refractivity contribution in [2.75, 3.05) is 0 Å². The van der Waals surface area contributed by atoms with Gasteiger partial charge in [0.1, 0.15) is 5.82 Å². The molecule has 19 heavy (non-hydrogen) atoms. The standard InChI is InChI=1S/C14H9BrClIN2/c15-10-7-9(17)5-6-12(10)19-13-4-2-1-3-11(13)18-14(19)8-16/h1-7H,8H2. The number of para-hydroxylation sites is 2. The Labute approximate surface area is 138 Å². The fourth-order valence-corrected chi connectivity index (χ4v) is 3.75. The second kappa shape index (κ2) is 5.42. The van der Waals surface area contributed by atoms with E-state index in [4.69, 9.17) is 11.6 Å². The van der Waals surface area contributed by atoms with Gasteiger partial charge in [0.25, 0.3) is 0 Å². The molecule has 96 valence electrons. The molecule has 0 saturated carbocycles. The van der Waals surface area contributed by atoms with Gasteiger partial charge in [-0.15, -0.1) is 11.6 Å².